The second-order valence-electron chi connectivity index (χ2n) is 2.39. The van der Waals surface area contributed by atoms with Crippen molar-refractivity contribution < 1.29 is 26.6 Å². The van der Waals surface area contributed by atoms with Crippen LogP contribution in [0.15, 0.2) is 0 Å². The first-order valence-electron chi connectivity index (χ1n) is 3.86. The van der Waals surface area contributed by atoms with Crippen molar-refractivity contribution in [2.24, 2.45) is 5.73 Å². The summed E-state index contributed by atoms with van der Waals surface area (Å²) < 4.78 is 6.59. The smallest absolute Gasteiger partial charge is 0.139 e. The molecule has 0 saturated carbocycles. The highest BCUT2D eigenvalue weighted by atomic mass is 16.4. The normalized spacial score (nSPS) is 22.2. The fourth-order valence-corrected chi connectivity index (χ4v) is 0.629. The molecular weight excluding hydrogens is 166 g/mol. The summed E-state index contributed by atoms with van der Waals surface area (Å²) in [7, 11) is 0. The highest BCUT2D eigenvalue weighted by Crippen LogP contribution is 2.01. The highest BCUT2D eigenvalue weighted by molar-refractivity contribution is 5.58. The van der Waals surface area contributed by atoms with E-state index < -0.39 is 31.0 Å². The predicted octanol–water partition coefficient (Wildman–Crippen LogP) is -3.41. The largest absolute Gasteiger partial charge is 0.394 e. The molecule has 0 saturated heterocycles. The van der Waals surface area contributed by atoms with E-state index in [-0.39, 0.29) is 6.29 Å². The fourth-order valence-electron chi connectivity index (χ4n) is 0.629. The summed E-state index contributed by atoms with van der Waals surface area (Å²) in [5.41, 5.74) is 1.69. The molecule has 0 spiro atoms. The van der Waals surface area contributed by atoms with E-state index in [2.05, 4.69) is 0 Å². The molecule has 0 unspecified atom stereocenters. The maximum atomic E-state index is 10.2. The lowest BCUT2D eigenvalue weighted by Gasteiger charge is -2.23. The zero-order valence-corrected chi connectivity index (χ0v) is 6.29. The molecule has 12 heavy (non-hydrogen) atoms. The van der Waals surface area contributed by atoms with Crippen LogP contribution in [0.25, 0.3) is 0 Å². The zero-order valence-electron chi connectivity index (χ0n) is 7.29. The van der Waals surface area contributed by atoms with Gasteiger partial charge in [0.1, 0.15) is 26.0 Å². The second kappa shape index (κ2) is 5.18. The summed E-state index contributed by atoms with van der Waals surface area (Å²) in [4.78, 5) is 10.2. The molecule has 72 valence electrons. The Labute approximate surface area is 70.7 Å². The number of carbonyl (C=O) groups excluding carboxylic acids is 1. The lowest BCUT2D eigenvalue weighted by atomic mass is 10.0. The maximum Gasteiger partial charge on any atom is 0.139 e. The Kier molecular flexibility index (Phi) is 4.12. The molecule has 0 amide bonds. The number of carbonyl (C=O) groups is 1. The number of hydrogen-bond acceptors (Lipinski definition) is 6. The summed E-state index contributed by atoms with van der Waals surface area (Å²) in [6.07, 6.45) is -4.61. The number of nitrogens with two attached hydrogens (primary N) is 1. The molecule has 0 bridgehead atoms. The third-order valence-electron chi connectivity index (χ3n) is 1.45. The minimum Gasteiger partial charge on any atom is -0.394 e. The first kappa shape index (κ1) is 9.56. The lowest BCUT2D eigenvalue weighted by Crippen LogP contribution is -2.49. The van der Waals surface area contributed by atoms with Gasteiger partial charge in [0, 0.05) is 0 Å². The molecule has 6 N–H and O–H groups in total. The summed E-state index contributed by atoms with van der Waals surface area (Å²) in [6.45, 7) is -0.734. The van der Waals surface area contributed by atoms with Gasteiger partial charge in [-0.1, -0.05) is 0 Å². The van der Waals surface area contributed by atoms with Gasteiger partial charge in [-0.25, -0.2) is 0 Å². The molecule has 6 nitrogen and oxygen atoms in total. The van der Waals surface area contributed by atoms with Gasteiger partial charge < -0.3 is 30.9 Å². The number of hydrogen-bond donors (Lipinski definition) is 5. The highest BCUT2D eigenvalue weighted by Gasteiger charge is 2.28. The summed E-state index contributed by atoms with van der Waals surface area (Å²) in [5.74, 6) is 0. The fraction of sp³-hybridized carbons (Fsp3) is 0.833. The third-order valence-corrected chi connectivity index (χ3v) is 1.45. The van der Waals surface area contributed by atoms with Gasteiger partial charge >= 0.3 is 0 Å². The van der Waals surface area contributed by atoms with Crippen LogP contribution in [0.4, 0.5) is 0 Å². The van der Waals surface area contributed by atoms with Gasteiger partial charge in [-0.15, -0.1) is 0 Å². The Morgan fingerprint density at radius 3 is 2.33 bits per heavy atom. The van der Waals surface area contributed by atoms with Crippen molar-refractivity contribution >= 4 is 6.29 Å². The van der Waals surface area contributed by atoms with Crippen molar-refractivity contribution in [3.05, 3.63) is 0 Å². The molecule has 0 aliphatic rings. The zero-order chi connectivity index (χ0) is 10.4. The Morgan fingerprint density at radius 1 is 1.42 bits per heavy atom. The van der Waals surface area contributed by atoms with Crippen LogP contribution in [0.3, 0.4) is 0 Å². The van der Waals surface area contributed by atoms with E-state index in [1.54, 1.807) is 5.73 Å². The Hall–Kier alpha value is -0.530. The van der Waals surface area contributed by atoms with Crippen LogP contribution in [-0.2, 0) is 4.79 Å². The van der Waals surface area contributed by atoms with E-state index in [1.807, 2.05) is 0 Å². The molecule has 0 rings (SSSR count). The molecule has 0 fully saturated rings. The van der Waals surface area contributed by atoms with Gasteiger partial charge in [0.2, 0.25) is 0 Å². The molecule has 0 radical (unpaired) electrons. The summed E-state index contributed by atoms with van der Waals surface area (Å²) in [6, 6.07) is -1.30. The summed E-state index contributed by atoms with van der Waals surface area (Å²) >= 11 is 0. The Bertz CT molecular complexity index is 158. The molecule has 0 aromatic carbocycles. The lowest BCUT2D eigenvalue weighted by molar-refractivity contribution is -0.118. The van der Waals surface area contributed by atoms with Gasteiger partial charge in [-0.05, 0) is 0 Å². The van der Waals surface area contributed by atoms with Crippen molar-refractivity contribution in [1.29, 1.82) is 0 Å². The van der Waals surface area contributed by atoms with Gasteiger partial charge in [0.25, 0.3) is 0 Å². The van der Waals surface area contributed by atoms with E-state index >= 15 is 0 Å². The quantitative estimate of drug-likeness (QED) is 0.271. The van der Waals surface area contributed by atoms with Gasteiger partial charge in [-0.3, -0.25) is 0 Å². The minimum absolute atomic E-state index is 0.227. The average molecular weight is 180 g/mol. The molecule has 0 heterocycles. The van der Waals surface area contributed by atoms with Crippen LogP contribution in [-0.4, -0.2) is 57.7 Å². The number of rotatable bonds is 6. The first-order chi connectivity index (χ1) is 6.08. The molecule has 4 atom stereocenters. The van der Waals surface area contributed by atoms with Crippen LogP contribution < -0.4 is 5.73 Å². The van der Waals surface area contributed by atoms with E-state index in [1.165, 1.54) is 0 Å². The van der Waals surface area contributed by atoms with Crippen molar-refractivity contribution in [2.75, 3.05) is 6.61 Å². The molecular formula is C6H13NO5. The number of aliphatic hydroxyl groups is 4. The maximum absolute atomic E-state index is 10.2. The van der Waals surface area contributed by atoms with Crippen LogP contribution in [0.2, 0.25) is 1.41 Å². The molecule has 0 aromatic heterocycles. The Morgan fingerprint density at radius 2 is 2.00 bits per heavy atom. The molecule has 0 aromatic rings. The standard InChI is InChI=1S/C6H13NO5/c7-3(1-8)5(11)6(12)4(10)2-9/h1,3-6,9-12H,2,7H2/t3-,4+,5-,6+/m0/s1/i/hD. The predicted molar refractivity (Wildman–Crippen MR) is 39.1 cm³/mol. The monoisotopic (exact) mass is 180 g/mol. The van der Waals surface area contributed by atoms with Crippen LogP contribution in [0.1, 0.15) is 0 Å². The molecule has 0 aliphatic carbocycles. The van der Waals surface area contributed by atoms with E-state index in [9.17, 15) is 4.79 Å². The van der Waals surface area contributed by atoms with Crippen molar-refractivity contribution in [3.8, 4) is 0 Å². The number of aldehydes is 1. The van der Waals surface area contributed by atoms with Crippen molar-refractivity contribution in [3.63, 3.8) is 0 Å². The van der Waals surface area contributed by atoms with Crippen molar-refractivity contribution in [1.82, 2.24) is 0 Å². The Balaban J connectivity index is 4.21. The first-order valence-corrected chi connectivity index (χ1v) is 3.36. The minimum atomic E-state index is -1.67. The topological polar surface area (TPSA) is 124 Å². The SMILES string of the molecule is [2H]N[C@@H](C=O)[C@H](O)[C@H](O)[C@H](O)CO. The van der Waals surface area contributed by atoms with Gasteiger partial charge in [-0.2, -0.15) is 0 Å². The van der Waals surface area contributed by atoms with E-state index in [0.717, 1.165) is 0 Å². The van der Waals surface area contributed by atoms with E-state index in [4.69, 9.17) is 21.8 Å². The van der Waals surface area contributed by atoms with E-state index in [0.29, 0.717) is 0 Å². The molecule has 6 heteroatoms. The summed E-state index contributed by atoms with van der Waals surface area (Å²) in [5, 5.41) is 35.5. The van der Waals surface area contributed by atoms with Crippen LogP contribution >= 0.6 is 0 Å². The van der Waals surface area contributed by atoms with Crippen molar-refractivity contribution in [2.45, 2.75) is 24.4 Å². The second-order valence-corrected chi connectivity index (χ2v) is 2.39. The van der Waals surface area contributed by atoms with Gasteiger partial charge in [0.05, 0.1) is 12.6 Å². The number of aliphatic hydroxyl groups excluding tert-OH is 4. The average Bonchev–Trinajstić information content (AvgIpc) is 2.17. The third kappa shape index (κ3) is 2.84. The van der Waals surface area contributed by atoms with Gasteiger partial charge in [0.15, 0.2) is 0 Å². The van der Waals surface area contributed by atoms with Crippen LogP contribution in [0, 0.1) is 0 Å². The molecule has 0 aliphatic heterocycles. The van der Waals surface area contributed by atoms with Crippen LogP contribution in [0.5, 0.6) is 0 Å².